The number of para-hydroxylation sites is 1. The lowest BCUT2D eigenvalue weighted by Gasteiger charge is -2.10. The number of aryl methyl sites for hydroxylation is 1. The zero-order chi connectivity index (χ0) is 15.2. The number of amidine groups is 1. The van der Waals surface area contributed by atoms with Gasteiger partial charge in [0.25, 0.3) is 0 Å². The number of rotatable bonds is 4. The third-order valence-electron chi connectivity index (χ3n) is 2.79. The van der Waals surface area contributed by atoms with Crippen LogP contribution in [0.3, 0.4) is 0 Å². The van der Waals surface area contributed by atoms with Crippen LogP contribution in [-0.4, -0.2) is 11.6 Å². The van der Waals surface area contributed by atoms with Gasteiger partial charge in [-0.15, -0.1) is 0 Å². The van der Waals surface area contributed by atoms with Crippen LogP contribution in [0.15, 0.2) is 53.5 Å². The molecule has 21 heavy (non-hydrogen) atoms. The number of aliphatic imine (C=N–C) groups is 1. The van der Waals surface area contributed by atoms with Gasteiger partial charge in [-0.3, -0.25) is 15.6 Å². The monoisotopic (exact) mass is 301 g/mol. The molecule has 108 valence electrons. The summed E-state index contributed by atoms with van der Waals surface area (Å²) in [5, 5.41) is 0.494. The molecular formula is C16H16ClN3O. The van der Waals surface area contributed by atoms with Crippen LogP contribution >= 0.6 is 11.6 Å². The Balaban J connectivity index is 2.15. The normalized spacial score (nSPS) is 11.1. The SMILES string of the molecule is CC(=O)C(=Nc1ccccc1Cl)NNc1ccc(C)cc1. The number of halogens is 1. The van der Waals surface area contributed by atoms with Crippen molar-refractivity contribution in [1.82, 2.24) is 5.43 Å². The van der Waals surface area contributed by atoms with Gasteiger partial charge < -0.3 is 0 Å². The first-order valence-corrected chi connectivity index (χ1v) is 6.87. The Kier molecular flexibility index (Phi) is 4.95. The first-order valence-electron chi connectivity index (χ1n) is 6.49. The van der Waals surface area contributed by atoms with Crippen molar-refractivity contribution in [3.8, 4) is 0 Å². The molecule has 5 heteroatoms. The van der Waals surface area contributed by atoms with Crippen LogP contribution in [0.25, 0.3) is 0 Å². The number of benzene rings is 2. The van der Waals surface area contributed by atoms with Gasteiger partial charge in [0.1, 0.15) is 0 Å². The van der Waals surface area contributed by atoms with E-state index in [0.717, 1.165) is 11.3 Å². The van der Waals surface area contributed by atoms with Crippen molar-refractivity contribution in [3.63, 3.8) is 0 Å². The van der Waals surface area contributed by atoms with Gasteiger partial charge >= 0.3 is 0 Å². The van der Waals surface area contributed by atoms with Gasteiger partial charge in [-0.25, -0.2) is 4.99 Å². The van der Waals surface area contributed by atoms with Gasteiger partial charge in [0, 0.05) is 6.92 Å². The first-order chi connectivity index (χ1) is 10.1. The van der Waals surface area contributed by atoms with E-state index in [9.17, 15) is 4.79 Å². The van der Waals surface area contributed by atoms with Crippen molar-refractivity contribution in [1.29, 1.82) is 0 Å². The van der Waals surface area contributed by atoms with Crippen LogP contribution in [0.2, 0.25) is 5.02 Å². The number of carbonyl (C=O) groups excluding carboxylic acids is 1. The van der Waals surface area contributed by atoms with Gasteiger partial charge in [0.2, 0.25) is 0 Å². The third-order valence-corrected chi connectivity index (χ3v) is 3.11. The molecule has 0 aliphatic rings. The van der Waals surface area contributed by atoms with Gasteiger partial charge in [0.05, 0.1) is 16.4 Å². The van der Waals surface area contributed by atoms with E-state index in [1.165, 1.54) is 6.92 Å². The zero-order valence-corrected chi connectivity index (χ0v) is 12.6. The average Bonchev–Trinajstić information content (AvgIpc) is 2.46. The highest BCUT2D eigenvalue weighted by atomic mass is 35.5. The van der Waals surface area contributed by atoms with E-state index < -0.39 is 0 Å². The fourth-order valence-electron chi connectivity index (χ4n) is 1.63. The van der Waals surface area contributed by atoms with E-state index >= 15 is 0 Å². The predicted molar refractivity (Wildman–Crippen MR) is 87.2 cm³/mol. The second kappa shape index (κ2) is 6.90. The molecule has 0 saturated carbocycles. The maximum Gasteiger partial charge on any atom is 0.196 e. The van der Waals surface area contributed by atoms with E-state index in [2.05, 4.69) is 15.8 Å². The van der Waals surface area contributed by atoms with Crippen LogP contribution in [-0.2, 0) is 4.79 Å². The molecule has 2 aromatic carbocycles. The van der Waals surface area contributed by atoms with Crippen LogP contribution in [0.1, 0.15) is 12.5 Å². The number of hydrogen-bond donors (Lipinski definition) is 2. The molecule has 0 aliphatic heterocycles. The Morgan fingerprint density at radius 1 is 1.10 bits per heavy atom. The Morgan fingerprint density at radius 2 is 1.76 bits per heavy atom. The van der Waals surface area contributed by atoms with Crippen molar-refractivity contribution in [2.24, 2.45) is 4.99 Å². The quantitative estimate of drug-likeness (QED) is 0.512. The predicted octanol–water partition coefficient (Wildman–Crippen LogP) is 3.88. The van der Waals surface area contributed by atoms with E-state index in [4.69, 9.17) is 11.6 Å². The molecule has 0 aromatic heterocycles. The van der Waals surface area contributed by atoms with E-state index in [1.54, 1.807) is 12.1 Å². The Bertz CT molecular complexity index is 665. The van der Waals surface area contributed by atoms with Gasteiger partial charge in [-0.05, 0) is 31.2 Å². The lowest BCUT2D eigenvalue weighted by molar-refractivity contribution is -0.111. The lowest BCUT2D eigenvalue weighted by atomic mass is 10.2. The summed E-state index contributed by atoms with van der Waals surface area (Å²) >= 11 is 6.04. The molecule has 0 unspecified atom stereocenters. The van der Waals surface area contributed by atoms with Gasteiger partial charge in [-0.2, -0.15) is 0 Å². The van der Waals surface area contributed by atoms with Crippen LogP contribution in [0, 0.1) is 6.92 Å². The number of hydrazine groups is 1. The molecule has 0 bridgehead atoms. The van der Waals surface area contributed by atoms with Crippen molar-refractivity contribution in [2.45, 2.75) is 13.8 Å². The molecule has 2 aromatic rings. The highest BCUT2D eigenvalue weighted by Crippen LogP contribution is 2.23. The maximum absolute atomic E-state index is 11.7. The van der Waals surface area contributed by atoms with Crippen molar-refractivity contribution >= 4 is 34.6 Å². The molecule has 2 rings (SSSR count). The standard InChI is InChI=1S/C16H16ClN3O/c1-11-7-9-13(10-8-11)19-20-16(12(2)21)18-15-6-4-3-5-14(15)17/h3-10,19H,1-2H3,(H,18,20). The molecule has 0 amide bonds. The molecule has 0 aliphatic carbocycles. The molecule has 0 spiro atoms. The number of hydrogen-bond acceptors (Lipinski definition) is 3. The van der Waals surface area contributed by atoms with Crippen LogP contribution in [0.4, 0.5) is 11.4 Å². The van der Waals surface area contributed by atoms with Crippen LogP contribution in [0.5, 0.6) is 0 Å². The summed E-state index contributed by atoms with van der Waals surface area (Å²) in [4.78, 5) is 15.9. The molecule has 0 heterocycles. The minimum Gasteiger partial charge on any atom is -0.300 e. The van der Waals surface area contributed by atoms with Crippen molar-refractivity contribution < 1.29 is 4.79 Å². The number of Topliss-reactive ketones (excluding diaryl/α,β-unsaturated/α-hetero) is 1. The molecule has 0 fully saturated rings. The zero-order valence-electron chi connectivity index (χ0n) is 11.9. The molecular weight excluding hydrogens is 286 g/mol. The van der Waals surface area contributed by atoms with E-state index in [1.807, 2.05) is 43.3 Å². The highest BCUT2D eigenvalue weighted by molar-refractivity contribution is 6.39. The lowest BCUT2D eigenvalue weighted by Crippen LogP contribution is -2.34. The minimum absolute atomic E-state index is 0.186. The summed E-state index contributed by atoms with van der Waals surface area (Å²) in [6.07, 6.45) is 0. The second-order valence-corrected chi connectivity index (χ2v) is 4.99. The van der Waals surface area contributed by atoms with E-state index in [-0.39, 0.29) is 11.6 Å². The summed E-state index contributed by atoms with van der Waals surface area (Å²) in [6, 6.07) is 14.9. The maximum atomic E-state index is 11.7. The molecule has 0 atom stereocenters. The fourth-order valence-corrected chi connectivity index (χ4v) is 1.80. The van der Waals surface area contributed by atoms with Crippen LogP contribution < -0.4 is 10.9 Å². The molecule has 0 saturated heterocycles. The van der Waals surface area contributed by atoms with Gasteiger partial charge in [-0.1, -0.05) is 41.4 Å². The third kappa shape index (κ3) is 4.33. The minimum atomic E-state index is -0.186. The summed E-state index contributed by atoms with van der Waals surface area (Å²) < 4.78 is 0. The number of anilines is 1. The summed E-state index contributed by atoms with van der Waals surface area (Å²) in [6.45, 7) is 3.45. The second-order valence-electron chi connectivity index (χ2n) is 4.58. The Morgan fingerprint density at radius 3 is 2.38 bits per heavy atom. The number of nitrogens with zero attached hydrogens (tertiary/aromatic N) is 1. The summed E-state index contributed by atoms with van der Waals surface area (Å²) in [7, 11) is 0. The van der Waals surface area contributed by atoms with Crippen molar-refractivity contribution in [2.75, 3.05) is 5.43 Å². The summed E-state index contributed by atoms with van der Waals surface area (Å²) in [5.41, 5.74) is 8.32. The summed E-state index contributed by atoms with van der Waals surface area (Å²) in [5.74, 6) is 0.0122. The molecule has 4 nitrogen and oxygen atoms in total. The topological polar surface area (TPSA) is 53.5 Å². The largest absolute Gasteiger partial charge is 0.300 e. The Labute approximate surface area is 128 Å². The van der Waals surface area contributed by atoms with E-state index in [0.29, 0.717) is 10.7 Å². The molecule has 2 N–H and O–H groups in total. The van der Waals surface area contributed by atoms with Crippen molar-refractivity contribution in [3.05, 3.63) is 59.1 Å². The fraction of sp³-hybridized carbons (Fsp3) is 0.125. The number of nitrogens with one attached hydrogen (secondary N) is 2. The number of carbonyl (C=O) groups is 1. The average molecular weight is 302 g/mol. The number of ketones is 1. The smallest absolute Gasteiger partial charge is 0.196 e. The molecule has 0 radical (unpaired) electrons. The highest BCUT2D eigenvalue weighted by Gasteiger charge is 2.07. The Hall–Kier alpha value is -2.33. The van der Waals surface area contributed by atoms with Gasteiger partial charge in [0.15, 0.2) is 11.6 Å². The first kappa shape index (κ1) is 15.1.